The molecular weight excluding hydrogens is 400 g/mol. The summed E-state index contributed by atoms with van der Waals surface area (Å²) in [5.41, 5.74) is 0.504. The molecule has 1 aliphatic heterocycles. The van der Waals surface area contributed by atoms with E-state index in [0.29, 0.717) is 16.2 Å². The van der Waals surface area contributed by atoms with Crippen LogP contribution in [0.15, 0.2) is 12.5 Å². The van der Waals surface area contributed by atoms with Gasteiger partial charge in [-0.25, -0.2) is 9.97 Å². The number of hydrogen-bond acceptors (Lipinski definition) is 6. The Labute approximate surface area is 132 Å². The van der Waals surface area contributed by atoms with Gasteiger partial charge in [0.25, 0.3) is 0 Å². The molecule has 0 aromatic carbocycles. The second kappa shape index (κ2) is 5.35. The third kappa shape index (κ3) is 2.11. The van der Waals surface area contributed by atoms with E-state index in [0.717, 1.165) is 3.57 Å². The van der Waals surface area contributed by atoms with Crippen molar-refractivity contribution in [3.63, 3.8) is 0 Å². The van der Waals surface area contributed by atoms with Crippen molar-refractivity contribution in [3.8, 4) is 0 Å². The van der Waals surface area contributed by atoms with Crippen LogP contribution in [-0.2, 0) is 4.74 Å². The van der Waals surface area contributed by atoms with Gasteiger partial charge in [0.15, 0.2) is 6.23 Å². The van der Waals surface area contributed by atoms with E-state index in [-0.39, 0.29) is 6.61 Å². The fraction of sp³-hybridized carbons (Fsp3) is 0.455. The van der Waals surface area contributed by atoms with Gasteiger partial charge in [0, 0.05) is 9.77 Å². The molecule has 0 bridgehead atoms. The van der Waals surface area contributed by atoms with E-state index in [1.54, 1.807) is 10.8 Å². The Morgan fingerprint density at radius 2 is 2.10 bits per heavy atom. The topological polar surface area (TPSA) is 101 Å². The average Bonchev–Trinajstić information content (AvgIpc) is 2.90. The molecular formula is C11H11ClIN3O4. The minimum Gasteiger partial charge on any atom is -0.394 e. The zero-order valence-electron chi connectivity index (χ0n) is 10.0. The Morgan fingerprint density at radius 3 is 2.75 bits per heavy atom. The molecule has 0 spiro atoms. The lowest BCUT2D eigenvalue weighted by Gasteiger charge is -2.17. The lowest BCUT2D eigenvalue weighted by molar-refractivity contribution is -0.0509. The predicted octanol–water partition coefficient (Wildman–Crippen LogP) is 0.301. The minimum atomic E-state index is -1.16. The maximum Gasteiger partial charge on any atom is 0.164 e. The molecule has 1 fully saturated rings. The summed E-state index contributed by atoms with van der Waals surface area (Å²) in [4.78, 5) is 8.06. The van der Waals surface area contributed by atoms with Gasteiger partial charge < -0.3 is 24.6 Å². The normalized spacial score (nSPS) is 30.2. The molecule has 3 rings (SSSR count). The fourth-order valence-electron chi connectivity index (χ4n) is 2.31. The number of aromatic nitrogens is 3. The first-order valence-electron chi connectivity index (χ1n) is 5.83. The van der Waals surface area contributed by atoms with Crippen molar-refractivity contribution < 1.29 is 20.1 Å². The quantitative estimate of drug-likeness (QED) is 0.485. The number of nitrogens with zero attached hydrogens (tertiary/aromatic N) is 3. The first-order chi connectivity index (χ1) is 9.54. The molecule has 0 aliphatic carbocycles. The van der Waals surface area contributed by atoms with E-state index in [2.05, 4.69) is 32.6 Å². The van der Waals surface area contributed by atoms with Gasteiger partial charge in [-0.2, -0.15) is 0 Å². The van der Waals surface area contributed by atoms with Gasteiger partial charge in [0.1, 0.15) is 35.4 Å². The zero-order valence-corrected chi connectivity index (χ0v) is 12.9. The van der Waals surface area contributed by atoms with E-state index >= 15 is 0 Å². The van der Waals surface area contributed by atoms with Crippen LogP contribution in [0.4, 0.5) is 0 Å². The smallest absolute Gasteiger partial charge is 0.164 e. The Balaban J connectivity index is 2.10. The molecule has 0 amide bonds. The number of hydrogen-bond donors (Lipinski definition) is 3. The second-order valence-electron chi connectivity index (χ2n) is 4.48. The molecule has 0 radical (unpaired) electrons. The molecule has 108 valence electrons. The van der Waals surface area contributed by atoms with Gasteiger partial charge in [-0.05, 0) is 22.6 Å². The molecule has 1 saturated heterocycles. The molecule has 4 atom stereocenters. The number of ether oxygens (including phenoxy) is 1. The van der Waals surface area contributed by atoms with Crippen LogP contribution in [0, 0.1) is 3.57 Å². The number of halogens is 2. The summed E-state index contributed by atoms with van der Waals surface area (Å²) in [6.45, 7) is -0.374. The highest BCUT2D eigenvalue weighted by Gasteiger charge is 2.44. The van der Waals surface area contributed by atoms with Crippen LogP contribution in [0.2, 0.25) is 5.15 Å². The lowest BCUT2D eigenvalue weighted by Crippen LogP contribution is -2.33. The van der Waals surface area contributed by atoms with Crippen LogP contribution in [0.3, 0.4) is 0 Å². The van der Waals surface area contributed by atoms with E-state index < -0.39 is 24.5 Å². The van der Waals surface area contributed by atoms with E-state index in [1.165, 1.54) is 6.33 Å². The van der Waals surface area contributed by atoms with Crippen molar-refractivity contribution in [2.45, 2.75) is 24.5 Å². The highest BCUT2D eigenvalue weighted by molar-refractivity contribution is 14.1. The molecule has 2 aromatic heterocycles. The molecule has 0 saturated carbocycles. The molecule has 3 N–H and O–H groups in total. The Hall–Kier alpha value is -0.520. The Kier molecular flexibility index (Phi) is 3.86. The molecule has 1 aliphatic rings. The van der Waals surface area contributed by atoms with Gasteiger partial charge in [0.05, 0.1) is 12.0 Å². The van der Waals surface area contributed by atoms with Gasteiger partial charge in [-0.1, -0.05) is 11.6 Å². The van der Waals surface area contributed by atoms with Crippen molar-refractivity contribution in [1.82, 2.24) is 14.5 Å². The largest absolute Gasteiger partial charge is 0.394 e. The maximum atomic E-state index is 10.1. The van der Waals surface area contributed by atoms with Gasteiger partial charge >= 0.3 is 0 Å². The van der Waals surface area contributed by atoms with E-state index in [4.69, 9.17) is 21.4 Å². The average molecular weight is 412 g/mol. The third-order valence-corrected chi connectivity index (χ3v) is 4.41. The molecule has 7 nitrogen and oxygen atoms in total. The van der Waals surface area contributed by atoms with E-state index in [9.17, 15) is 10.2 Å². The van der Waals surface area contributed by atoms with Crippen molar-refractivity contribution >= 4 is 45.2 Å². The predicted molar refractivity (Wildman–Crippen MR) is 78.3 cm³/mol. The van der Waals surface area contributed by atoms with Crippen LogP contribution >= 0.6 is 34.2 Å². The summed E-state index contributed by atoms with van der Waals surface area (Å²) < 4.78 is 7.89. The number of aliphatic hydroxyl groups excluding tert-OH is 3. The molecule has 0 unspecified atom stereocenters. The SMILES string of the molecule is OC[C@@H]1O[C@H](n2cc(I)c3c(Cl)ncnc32)[C@H](O)[C@@H]1O. The van der Waals surface area contributed by atoms with Crippen molar-refractivity contribution in [3.05, 3.63) is 21.2 Å². The first-order valence-corrected chi connectivity index (χ1v) is 7.29. The summed E-state index contributed by atoms with van der Waals surface area (Å²) in [5.74, 6) is 0. The molecule has 2 aromatic rings. The molecule has 20 heavy (non-hydrogen) atoms. The van der Waals surface area contributed by atoms with Crippen molar-refractivity contribution in [2.75, 3.05) is 6.61 Å². The fourth-order valence-corrected chi connectivity index (χ4v) is 3.49. The molecule has 3 heterocycles. The monoisotopic (exact) mass is 411 g/mol. The third-order valence-electron chi connectivity index (χ3n) is 3.31. The minimum absolute atomic E-state index is 0.310. The number of aliphatic hydroxyl groups is 3. The zero-order chi connectivity index (χ0) is 14.4. The standard InChI is InChI=1S/C11H11ClIN3O4/c12-9-6-4(13)1-16(10(6)15-3-14-9)11-8(19)7(18)5(2-17)20-11/h1,3,5,7-8,11,17-19H,2H2/t5-,7+,8+,11-/m0/s1. The van der Waals surface area contributed by atoms with Crippen LogP contribution in [-0.4, -0.2) is 54.8 Å². The van der Waals surface area contributed by atoms with E-state index in [1.807, 2.05) is 0 Å². The summed E-state index contributed by atoms with van der Waals surface area (Å²) in [5, 5.41) is 30.0. The van der Waals surface area contributed by atoms with Gasteiger partial charge in [-0.3, -0.25) is 0 Å². The number of rotatable bonds is 2. The second-order valence-corrected chi connectivity index (χ2v) is 6.00. The Bertz CT molecular complexity index is 652. The number of fused-ring (bicyclic) bond motifs is 1. The summed E-state index contributed by atoms with van der Waals surface area (Å²) in [6, 6.07) is 0. The van der Waals surface area contributed by atoms with Crippen LogP contribution in [0.1, 0.15) is 6.23 Å². The van der Waals surface area contributed by atoms with Crippen LogP contribution in [0.25, 0.3) is 11.0 Å². The van der Waals surface area contributed by atoms with Crippen molar-refractivity contribution in [2.24, 2.45) is 0 Å². The first kappa shape index (κ1) is 14.4. The van der Waals surface area contributed by atoms with Crippen LogP contribution in [0.5, 0.6) is 0 Å². The van der Waals surface area contributed by atoms with Gasteiger partial charge in [0.2, 0.25) is 0 Å². The molecule has 9 heteroatoms. The van der Waals surface area contributed by atoms with Gasteiger partial charge in [-0.15, -0.1) is 0 Å². The summed E-state index contributed by atoms with van der Waals surface area (Å²) in [6.07, 6.45) is -0.948. The van der Waals surface area contributed by atoms with Crippen LogP contribution < -0.4 is 0 Å². The summed E-state index contributed by atoms with van der Waals surface area (Å²) in [7, 11) is 0. The maximum absolute atomic E-state index is 10.1. The van der Waals surface area contributed by atoms with Crippen molar-refractivity contribution in [1.29, 1.82) is 0 Å². The summed E-state index contributed by atoms with van der Waals surface area (Å²) >= 11 is 8.12. The highest BCUT2D eigenvalue weighted by Crippen LogP contribution is 2.35. The lowest BCUT2D eigenvalue weighted by atomic mass is 10.1. The Morgan fingerprint density at radius 1 is 1.35 bits per heavy atom. The highest BCUT2D eigenvalue weighted by atomic mass is 127.